The van der Waals surface area contributed by atoms with Crippen molar-refractivity contribution in [3.05, 3.63) is 34.3 Å². The van der Waals surface area contributed by atoms with Gasteiger partial charge >= 0.3 is 0 Å². The van der Waals surface area contributed by atoms with Crippen LogP contribution in [-0.2, 0) is 11.2 Å². The van der Waals surface area contributed by atoms with Crippen molar-refractivity contribution in [1.82, 2.24) is 4.90 Å². The standard InChI is InChI=1S/C14H18BrNO2/c1-14(18)7-2-8-16(10-14)13(17)9-11-3-5-12(15)6-4-11/h3-6,18H,2,7-10H2,1H3. The highest BCUT2D eigenvalue weighted by Crippen LogP contribution is 2.21. The number of carbonyl (C=O) groups is 1. The van der Waals surface area contributed by atoms with E-state index >= 15 is 0 Å². The van der Waals surface area contributed by atoms with Gasteiger partial charge in [0, 0.05) is 17.6 Å². The molecule has 0 aliphatic carbocycles. The van der Waals surface area contributed by atoms with Crippen molar-refractivity contribution < 1.29 is 9.90 Å². The van der Waals surface area contributed by atoms with Gasteiger partial charge in [0.1, 0.15) is 0 Å². The quantitative estimate of drug-likeness (QED) is 0.911. The van der Waals surface area contributed by atoms with Crippen LogP contribution in [0.2, 0.25) is 0 Å². The number of benzene rings is 1. The number of piperidine rings is 1. The number of hydrogen-bond donors (Lipinski definition) is 1. The lowest BCUT2D eigenvalue weighted by Gasteiger charge is -2.36. The fraction of sp³-hybridized carbons (Fsp3) is 0.500. The van der Waals surface area contributed by atoms with Crippen molar-refractivity contribution in [2.45, 2.75) is 31.8 Å². The van der Waals surface area contributed by atoms with Crippen molar-refractivity contribution in [2.75, 3.05) is 13.1 Å². The van der Waals surface area contributed by atoms with Crippen molar-refractivity contribution in [1.29, 1.82) is 0 Å². The number of carbonyl (C=O) groups excluding carboxylic acids is 1. The van der Waals surface area contributed by atoms with Gasteiger partial charge < -0.3 is 10.0 Å². The van der Waals surface area contributed by atoms with Crippen LogP contribution in [0.3, 0.4) is 0 Å². The molecule has 0 spiro atoms. The SMILES string of the molecule is CC1(O)CCCN(C(=O)Cc2ccc(Br)cc2)C1. The zero-order chi connectivity index (χ0) is 13.2. The lowest BCUT2D eigenvalue weighted by atomic mass is 9.95. The molecule has 1 N–H and O–H groups in total. The highest BCUT2D eigenvalue weighted by atomic mass is 79.9. The molecule has 18 heavy (non-hydrogen) atoms. The predicted octanol–water partition coefficient (Wildman–Crippen LogP) is 2.37. The second-order valence-corrected chi connectivity index (χ2v) is 6.13. The first kappa shape index (κ1) is 13.6. The summed E-state index contributed by atoms with van der Waals surface area (Å²) in [6.07, 6.45) is 2.05. The van der Waals surface area contributed by atoms with Crippen molar-refractivity contribution >= 4 is 21.8 Å². The Hall–Kier alpha value is -0.870. The van der Waals surface area contributed by atoms with Gasteiger partial charge in [0.25, 0.3) is 0 Å². The Morgan fingerprint density at radius 2 is 2.11 bits per heavy atom. The van der Waals surface area contributed by atoms with E-state index in [-0.39, 0.29) is 5.91 Å². The second-order valence-electron chi connectivity index (χ2n) is 5.22. The Morgan fingerprint density at radius 1 is 1.44 bits per heavy atom. The van der Waals surface area contributed by atoms with E-state index in [9.17, 15) is 9.90 Å². The first-order valence-corrected chi connectivity index (χ1v) is 7.00. The zero-order valence-electron chi connectivity index (χ0n) is 10.5. The van der Waals surface area contributed by atoms with E-state index < -0.39 is 5.60 Å². The third-order valence-electron chi connectivity index (χ3n) is 3.30. The van der Waals surface area contributed by atoms with Gasteiger partial charge in [-0.05, 0) is 37.5 Å². The molecule has 98 valence electrons. The molecule has 1 aliphatic heterocycles. The topological polar surface area (TPSA) is 40.5 Å². The van der Waals surface area contributed by atoms with E-state index in [0.29, 0.717) is 13.0 Å². The van der Waals surface area contributed by atoms with E-state index in [2.05, 4.69) is 15.9 Å². The maximum Gasteiger partial charge on any atom is 0.227 e. The number of aliphatic hydroxyl groups is 1. The number of rotatable bonds is 2. The Balaban J connectivity index is 1.97. The van der Waals surface area contributed by atoms with E-state index in [1.165, 1.54) is 0 Å². The second kappa shape index (κ2) is 5.41. The summed E-state index contributed by atoms with van der Waals surface area (Å²) in [5.74, 6) is 0.0947. The van der Waals surface area contributed by atoms with Crippen LogP contribution in [0.5, 0.6) is 0 Å². The molecule has 1 fully saturated rings. The highest BCUT2D eigenvalue weighted by Gasteiger charge is 2.30. The molecule has 1 aliphatic rings. The van der Waals surface area contributed by atoms with Crippen LogP contribution in [0.1, 0.15) is 25.3 Å². The molecule has 1 aromatic rings. The minimum Gasteiger partial charge on any atom is -0.388 e. The first-order valence-electron chi connectivity index (χ1n) is 6.21. The Kier molecular flexibility index (Phi) is 4.07. The summed E-state index contributed by atoms with van der Waals surface area (Å²) in [6, 6.07) is 7.78. The summed E-state index contributed by atoms with van der Waals surface area (Å²) < 4.78 is 1.01. The third-order valence-corrected chi connectivity index (χ3v) is 3.82. The number of hydrogen-bond acceptors (Lipinski definition) is 2. The van der Waals surface area contributed by atoms with Gasteiger partial charge in [0.15, 0.2) is 0 Å². The average Bonchev–Trinajstić information content (AvgIpc) is 2.31. The van der Waals surface area contributed by atoms with Crippen molar-refractivity contribution in [3.63, 3.8) is 0 Å². The van der Waals surface area contributed by atoms with Gasteiger partial charge in [0.05, 0.1) is 12.0 Å². The summed E-state index contributed by atoms with van der Waals surface area (Å²) in [5, 5.41) is 10.00. The van der Waals surface area contributed by atoms with Gasteiger partial charge in [-0.15, -0.1) is 0 Å². The van der Waals surface area contributed by atoms with Crippen LogP contribution in [0.4, 0.5) is 0 Å². The van der Waals surface area contributed by atoms with Gasteiger partial charge in [-0.25, -0.2) is 0 Å². The minimum absolute atomic E-state index is 0.0947. The smallest absolute Gasteiger partial charge is 0.227 e. The molecule has 0 bridgehead atoms. The van der Waals surface area contributed by atoms with Gasteiger partial charge in [0.2, 0.25) is 5.91 Å². The summed E-state index contributed by atoms with van der Waals surface area (Å²) in [6.45, 7) is 3.00. The number of amides is 1. The molecule has 0 aromatic heterocycles. The molecule has 1 amide bonds. The monoisotopic (exact) mass is 311 g/mol. The fourth-order valence-corrected chi connectivity index (χ4v) is 2.59. The van der Waals surface area contributed by atoms with Crippen LogP contribution in [0.25, 0.3) is 0 Å². The maximum absolute atomic E-state index is 12.1. The molecule has 2 rings (SSSR count). The largest absolute Gasteiger partial charge is 0.388 e. The molecule has 1 heterocycles. The molecular weight excluding hydrogens is 294 g/mol. The number of β-amino-alcohol motifs (C(OH)–C–C–N with tert-alkyl or cyclic N) is 1. The van der Waals surface area contributed by atoms with Gasteiger partial charge in [-0.2, -0.15) is 0 Å². The Bertz CT molecular complexity index is 428. The molecule has 0 radical (unpaired) electrons. The van der Waals surface area contributed by atoms with E-state index in [1.807, 2.05) is 24.3 Å². The van der Waals surface area contributed by atoms with Crippen LogP contribution in [-0.4, -0.2) is 34.6 Å². The summed E-state index contributed by atoms with van der Waals surface area (Å²) in [7, 11) is 0. The van der Waals surface area contributed by atoms with Gasteiger partial charge in [-0.3, -0.25) is 4.79 Å². The zero-order valence-corrected chi connectivity index (χ0v) is 12.1. The lowest BCUT2D eigenvalue weighted by Crippen LogP contribution is -2.49. The molecule has 1 atom stereocenters. The van der Waals surface area contributed by atoms with Crippen LogP contribution < -0.4 is 0 Å². The molecule has 1 saturated heterocycles. The summed E-state index contributed by atoms with van der Waals surface area (Å²) in [5.41, 5.74) is 0.279. The molecule has 1 unspecified atom stereocenters. The summed E-state index contributed by atoms with van der Waals surface area (Å²) >= 11 is 3.37. The normalized spacial score (nSPS) is 24.1. The number of nitrogens with zero attached hydrogens (tertiary/aromatic N) is 1. The Labute approximate surface area is 116 Å². The number of likely N-dealkylation sites (tertiary alicyclic amines) is 1. The van der Waals surface area contributed by atoms with Crippen LogP contribution >= 0.6 is 15.9 Å². The van der Waals surface area contributed by atoms with Crippen LogP contribution in [0.15, 0.2) is 28.7 Å². The lowest BCUT2D eigenvalue weighted by molar-refractivity contribution is -0.136. The molecule has 4 heteroatoms. The fourth-order valence-electron chi connectivity index (χ4n) is 2.32. The third kappa shape index (κ3) is 3.56. The molecular formula is C14H18BrNO2. The van der Waals surface area contributed by atoms with E-state index in [4.69, 9.17) is 0 Å². The van der Waals surface area contributed by atoms with Crippen molar-refractivity contribution in [3.8, 4) is 0 Å². The first-order chi connectivity index (χ1) is 8.46. The van der Waals surface area contributed by atoms with Crippen molar-refractivity contribution in [2.24, 2.45) is 0 Å². The Morgan fingerprint density at radius 3 is 2.72 bits per heavy atom. The maximum atomic E-state index is 12.1. The van der Waals surface area contributed by atoms with E-state index in [1.54, 1.807) is 11.8 Å². The minimum atomic E-state index is -0.729. The predicted molar refractivity (Wildman–Crippen MR) is 74.3 cm³/mol. The molecule has 3 nitrogen and oxygen atoms in total. The molecule has 1 aromatic carbocycles. The molecule has 0 saturated carbocycles. The average molecular weight is 312 g/mol. The van der Waals surface area contributed by atoms with Crippen LogP contribution in [0, 0.1) is 0 Å². The highest BCUT2D eigenvalue weighted by molar-refractivity contribution is 9.10. The van der Waals surface area contributed by atoms with E-state index in [0.717, 1.165) is 29.4 Å². The summed E-state index contributed by atoms with van der Waals surface area (Å²) in [4.78, 5) is 13.9. The number of halogens is 1. The van der Waals surface area contributed by atoms with Gasteiger partial charge in [-0.1, -0.05) is 28.1 Å².